The third kappa shape index (κ3) is 3.89. The van der Waals surface area contributed by atoms with Crippen LogP contribution in [0.5, 0.6) is 0 Å². The van der Waals surface area contributed by atoms with E-state index in [0.29, 0.717) is 11.3 Å². The largest absolute Gasteiger partial charge is 0.460 e. The Morgan fingerprint density at radius 2 is 1.91 bits per heavy atom. The average molecular weight is 498 g/mol. The third-order valence-corrected chi connectivity index (χ3v) is 5.70. The molecule has 0 atom stereocenters. The quantitative estimate of drug-likeness (QED) is 0.392. The Labute approximate surface area is 191 Å². The molecule has 0 saturated heterocycles. The van der Waals surface area contributed by atoms with Crippen LogP contribution in [0.3, 0.4) is 0 Å². The molecule has 32 heavy (non-hydrogen) atoms. The first-order valence-corrected chi connectivity index (χ1v) is 10.6. The van der Waals surface area contributed by atoms with Gasteiger partial charge in [0.25, 0.3) is 5.56 Å². The lowest BCUT2D eigenvalue weighted by Gasteiger charge is -2.10. The number of imidazole rings is 1. The van der Waals surface area contributed by atoms with Gasteiger partial charge in [-0.05, 0) is 31.2 Å². The van der Waals surface area contributed by atoms with Crippen LogP contribution in [-0.2, 0) is 25.4 Å². The number of hydrogen-bond donors (Lipinski definition) is 0. The molecule has 4 aromatic rings. The highest BCUT2D eigenvalue weighted by atomic mass is 79.9. The standard InChI is InChI=1S/C22H20BrN5O4/c1-13-16(7-8-17(25-13)14-5-4-6-15(23)11-14)21(30)32-10-9-28-12-24-19-18(28)20(29)27(3)22(31)26(19)2/h4-8,11-12H,9-10H2,1-3H3. The molecule has 0 fully saturated rings. The summed E-state index contributed by atoms with van der Waals surface area (Å²) in [4.78, 5) is 45.8. The molecular formula is C22H20BrN5O4. The second kappa shape index (κ2) is 8.54. The Kier molecular flexibility index (Phi) is 5.79. The lowest BCUT2D eigenvalue weighted by Crippen LogP contribution is -2.37. The molecule has 0 spiro atoms. The molecule has 0 N–H and O–H groups in total. The van der Waals surface area contributed by atoms with Crippen LogP contribution in [0.25, 0.3) is 22.4 Å². The highest BCUT2D eigenvalue weighted by Crippen LogP contribution is 2.22. The minimum atomic E-state index is -0.500. The zero-order valence-electron chi connectivity index (χ0n) is 17.7. The van der Waals surface area contributed by atoms with E-state index >= 15 is 0 Å². The number of aryl methyl sites for hydroxylation is 2. The fourth-order valence-corrected chi connectivity index (χ4v) is 3.87. The highest BCUT2D eigenvalue weighted by molar-refractivity contribution is 9.10. The number of rotatable bonds is 5. The summed E-state index contributed by atoms with van der Waals surface area (Å²) < 4.78 is 10.3. The summed E-state index contributed by atoms with van der Waals surface area (Å²) in [6, 6.07) is 11.2. The predicted molar refractivity (Wildman–Crippen MR) is 123 cm³/mol. The number of halogens is 1. The minimum Gasteiger partial charge on any atom is -0.460 e. The van der Waals surface area contributed by atoms with Crippen LogP contribution in [0.2, 0.25) is 0 Å². The van der Waals surface area contributed by atoms with E-state index < -0.39 is 17.2 Å². The fourth-order valence-electron chi connectivity index (χ4n) is 3.47. The van der Waals surface area contributed by atoms with Crippen molar-refractivity contribution in [1.82, 2.24) is 23.7 Å². The number of fused-ring (bicyclic) bond motifs is 1. The van der Waals surface area contributed by atoms with Crippen LogP contribution in [0.15, 0.2) is 56.8 Å². The summed E-state index contributed by atoms with van der Waals surface area (Å²) in [6.45, 7) is 2.01. The maximum Gasteiger partial charge on any atom is 0.340 e. The summed E-state index contributed by atoms with van der Waals surface area (Å²) in [6.07, 6.45) is 1.46. The van der Waals surface area contributed by atoms with Crippen molar-refractivity contribution in [1.29, 1.82) is 0 Å². The Bertz CT molecular complexity index is 1470. The average Bonchev–Trinajstić information content (AvgIpc) is 3.20. The Hall–Kier alpha value is -3.53. The summed E-state index contributed by atoms with van der Waals surface area (Å²) in [7, 11) is 2.96. The number of nitrogens with zero attached hydrogens (tertiary/aromatic N) is 5. The van der Waals surface area contributed by atoms with Gasteiger partial charge >= 0.3 is 11.7 Å². The third-order valence-electron chi connectivity index (χ3n) is 5.21. The van der Waals surface area contributed by atoms with E-state index in [1.54, 1.807) is 30.7 Å². The van der Waals surface area contributed by atoms with E-state index in [9.17, 15) is 14.4 Å². The molecule has 3 heterocycles. The van der Waals surface area contributed by atoms with Crippen molar-refractivity contribution < 1.29 is 9.53 Å². The smallest absolute Gasteiger partial charge is 0.340 e. The number of ether oxygens (including phenoxy) is 1. The maximum absolute atomic E-state index is 12.6. The van der Waals surface area contributed by atoms with Gasteiger partial charge in [0.05, 0.1) is 29.8 Å². The van der Waals surface area contributed by atoms with Gasteiger partial charge in [0.2, 0.25) is 0 Å². The first kappa shape index (κ1) is 21.7. The number of pyridine rings is 1. The van der Waals surface area contributed by atoms with E-state index in [4.69, 9.17) is 4.74 Å². The van der Waals surface area contributed by atoms with E-state index in [1.165, 1.54) is 17.9 Å². The molecule has 3 aromatic heterocycles. The van der Waals surface area contributed by atoms with Gasteiger partial charge in [0, 0.05) is 24.1 Å². The molecule has 0 saturated carbocycles. The van der Waals surface area contributed by atoms with E-state index in [1.807, 2.05) is 24.3 Å². The highest BCUT2D eigenvalue weighted by Gasteiger charge is 2.16. The zero-order valence-corrected chi connectivity index (χ0v) is 19.3. The molecule has 0 amide bonds. The van der Waals surface area contributed by atoms with Gasteiger partial charge in [0.15, 0.2) is 11.2 Å². The number of carbonyl (C=O) groups is 1. The predicted octanol–water partition coefficient (Wildman–Crippen LogP) is 2.42. The second-order valence-corrected chi connectivity index (χ2v) is 8.21. The maximum atomic E-state index is 12.6. The molecule has 9 nitrogen and oxygen atoms in total. The Morgan fingerprint density at radius 1 is 1.12 bits per heavy atom. The first-order valence-electron chi connectivity index (χ1n) is 9.79. The number of hydrogen-bond acceptors (Lipinski definition) is 6. The lowest BCUT2D eigenvalue weighted by atomic mass is 10.1. The van der Waals surface area contributed by atoms with Crippen molar-refractivity contribution in [3.05, 3.63) is 79.3 Å². The van der Waals surface area contributed by atoms with Crippen molar-refractivity contribution in [3.8, 4) is 11.3 Å². The van der Waals surface area contributed by atoms with Gasteiger partial charge in [-0.25, -0.2) is 14.6 Å². The van der Waals surface area contributed by atoms with Crippen molar-refractivity contribution >= 4 is 33.1 Å². The monoisotopic (exact) mass is 497 g/mol. The van der Waals surface area contributed by atoms with E-state index in [2.05, 4.69) is 25.9 Å². The van der Waals surface area contributed by atoms with Gasteiger partial charge in [-0.15, -0.1) is 0 Å². The van der Waals surface area contributed by atoms with Crippen LogP contribution in [0.4, 0.5) is 0 Å². The van der Waals surface area contributed by atoms with E-state index in [-0.39, 0.29) is 24.3 Å². The van der Waals surface area contributed by atoms with Crippen LogP contribution in [0, 0.1) is 6.92 Å². The summed E-state index contributed by atoms with van der Waals surface area (Å²) in [5, 5.41) is 0. The topological polar surface area (TPSA) is 101 Å². The number of carbonyl (C=O) groups excluding carboxylic acids is 1. The Morgan fingerprint density at radius 3 is 2.62 bits per heavy atom. The summed E-state index contributed by atoms with van der Waals surface area (Å²) in [5.41, 5.74) is 2.29. The van der Waals surface area contributed by atoms with Gasteiger partial charge in [-0.1, -0.05) is 28.1 Å². The van der Waals surface area contributed by atoms with Crippen molar-refractivity contribution in [3.63, 3.8) is 0 Å². The minimum absolute atomic E-state index is 0.0309. The first-order chi connectivity index (χ1) is 15.3. The molecule has 1 aromatic carbocycles. The molecule has 0 aliphatic carbocycles. The van der Waals surface area contributed by atoms with Crippen LogP contribution >= 0.6 is 15.9 Å². The molecule has 164 valence electrons. The van der Waals surface area contributed by atoms with Gasteiger partial charge in [0.1, 0.15) is 6.61 Å². The number of benzene rings is 1. The SMILES string of the molecule is Cc1nc(-c2cccc(Br)c2)ccc1C(=O)OCCn1cnc2c1c(=O)n(C)c(=O)n2C. The van der Waals surface area contributed by atoms with Crippen molar-refractivity contribution in [2.24, 2.45) is 14.1 Å². The van der Waals surface area contributed by atoms with Gasteiger partial charge in [-0.3, -0.25) is 18.9 Å². The molecule has 0 radical (unpaired) electrons. The molecule has 0 aliphatic heterocycles. The summed E-state index contributed by atoms with van der Waals surface area (Å²) in [5.74, 6) is -0.500. The molecule has 0 aliphatic rings. The van der Waals surface area contributed by atoms with Crippen molar-refractivity contribution in [2.75, 3.05) is 6.61 Å². The normalized spacial score (nSPS) is 11.1. The van der Waals surface area contributed by atoms with Crippen LogP contribution < -0.4 is 11.2 Å². The van der Waals surface area contributed by atoms with Crippen LogP contribution in [0.1, 0.15) is 16.1 Å². The van der Waals surface area contributed by atoms with E-state index in [0.717, 1.165) is 20.3 Å². The number of aromatic nitrogens is 5. The summed E-state index contributed by atoms with van der Waals surface area (Å²) >= 11 is 3.45. The Balaban J connectivity index is 1.49. The second-order valence-electron chi connectivity index (χ2n) is 7.29. The lowest BCUT2D eigenvalue weighted by molar-refractivity contribution is 0.0491. The molecule has 0 unspecified atom stereocenters. The van der Waals surface area contributed by atoms with Gasteiger partial charge < -0.3 is 9.30 Å². The number of esters is 1. The zero-order chi connectivity index (χ0) is 23.0. The molecule has 10 heteroatoms. The van der Waals surface area contributed by atoms with Crippen LogP contribution in [-0.4, -0.2) is 36.2 Å². The molecule has 4 rings (SSSR count). The van der Waals surface area contributed by atoms with Gasteiger partial charge in [-0.2, -0.15) is 0 Å². The molecular weight excluding hydrogens is 478 g/mol. The fraction of sp³-hybridized carbons (Fsp3) is 0.227. The van der Waals surface area contributed by atoms with Crippen molar-refractivity contribution in [2.45, 2.75) is 13.5 Å². The molecule has 0 bridgehead atoms.